The first-order valence-electron chi connectivity index (χ1n) is 7.91. The Hall–Kier alpha value is -2.56. The number of esters is 1. The molecule has 24 heavy (non-hydrogen) atoms. The van der Waals surface area contributed by atoms with Crippen LogP contribution in [0.3, 0.4) is 0 Å². The molecular weight excluding hydrogens is 306 g/mol. The molecule has 1 atom stereocenters. The van der Waals surface area contributed by atoms with E-state index < -0.39 is 11.9 Å². The summed E-state index contributed by atoms with van der Waals surface area (Å²) in [6.45, 7) is 4.04. The molecule has 1 unspecified atom stereocenters. The molecule has 1 aliphatic heterocycles. The van der Waals surface area contributed by atoms with Gasteiger partial charge in [-0.2, -0.15) is 0 Å². The van der Waals surface area contributed by atoms with Crippen molar-refractivity contribution in [2.45, 2.75) is 32.6 Å². The molecule has 0 saturated heterocycles. The predicted molar refractivity (Wildman–Crippen MR) is 88.5 cm³/mol. The van der Waals surface area contributed by atoms with Gasteiger partial charge in [-0.15, -0.1) is 0 Å². The highest BCUT2D eigenvalue weighted by molar-refractivity contribution is 6.03. The maximum absolute atomic E-state index is 12.8. The molecule has 1 aliphatic carbocycles. The van der Waals surface area contributed by atoms with Gasteiger partial charge >= 0.3 is 5.97 Å². The Morgan fingerprint density at radius 3 is 2.54 bits per heavy atom. The van der Waals surface area contributed by atoms with E-state index in [1.165, 1.54) is 7.11 Å². The summed E-state index contributed by atoms with van der Waals surface area (Å²) < 4.78 is 10.6. The Morgan fingerprint density at radius 2 is 1.92 bits per heavy atom. The number of carbonyl (C=O) groups is 2. The van der Waals surface area contributed by atoms with Gasteiger partial charge in [-0.3, -0.25) is 4.79 Å². The Labute approximate surface area is 141 Å². The van der Waals surface area contributed by atoms with Crippen LogP contribution in [0.1, 0.15) is 38.2 Å². The van der Waals surface area contributed by atoms with Crippen LogP contribution in [0.15, 0.2) is 53.1 Å². The molecule has 1 aromatic rings. The van der Waals surface area contributed by atoms with Crippen LogP contribution in [0.5, 0.6) is 0 Å². The van der Waals surface area contributed by atoms with Crippen molar-refractivity contribution in [2.75, 3.05) is 7.11 Å². The fourth-order valence-electron chi connectivity index (χ4n) is 3.47. The van der Waals surface area contributed by atoms with E-state index in [2.05, 4.69) is 0 Å². The zero-order chi connectivity index (χ0) is 17.5. The fourth-order valence-corrected chi connectivity index (χ4v) is 3.47. The fraction of sp³-hybridized carbons (Fsp3) is 0.368. The second-order valence-corrected chi connectivity index (χ2v) is 6.99. The van der Waals surface area contributed by atoms with Gasteiger partial charge in [0.15, 0.2) is 5.78 Å². The zero-order valence-corrected chi connectivity index (χ0v) is 14.1. The summed E-state index contributed by atoms with van der Waals surface area (Å²) in [5.41, 5.74) is 7.38. The summed E-state index contributed by atoms with van der Waals surface area (Å²) >= 11 is 0. The molecule has 0 spiro atoms. The molecule has 1 heterocycles. The first kappa shape index (κ1) is 16.3. The van der Waals surface area contributed by atoms with Gasteiger partial charge in [0.2, 0.25) is 5.88 Å². The lowest BCUT2D eigenvalue weighted by atomic mass is 9.70. The highest BCUT2D eigenvalue weighted by Gasteiger charge is 2.44. The molecule has 1 aromatic carbocycles. The average molecular weight is 327 g/mol. The summed E-state index contributed by atoms with van der Waals surface area (Å²) in [7, 11) is 1.29. The van der Waals surface area contributed by atoms with Crippen molar-refractivity contribution in [3.05, 3.63) is 58.7 Å². The topological polar surface area (TPSA) is 78.6 Å². The van der Waals surface area contributed by atoms with Gasteiger partial charge in [0.05, 0.1) is 13.0 Å². The molecule has 5 heteroatoms. The number of carbonyl (C=O) groups excluding carboxylic acids is 2. The second kappa shape index (κ2) is 5.82. The molecule has 0 radical (unpaired) electrons. The van der Waals surface area contributed by atoms with Gasteiger partial charge in [-0.25, -0.2) is 4.79 Å². The Balaban J connectivity index is 2.19. The number of ether oxygens (including phenoxy) is 2. The Morgan fingerprint density at radius 1 is 1.25 bits per heavy atom. The third-order valence-electron chi connectivity index (χ3n) is 4.49. The molecule has 0 fully saturated rings. The zero-order valence-electron chi connectivity index (χ0n) is 14.1. The summed E-state index contributed by atoms with van der Waals surface area (Å²) in [6.07, 6.45) is 1.01. The van der Waals surface area contributed by atoms with E-state index in [9.17, 15) is 9.59 Å². The van der Waals surface area contributed by atoms with Crippen molar-refractivity contribution in [3.8, 4) is 0 Å². The lowest BCUT2D eigenvalue weighted by Crippen LogP contribution is -2.35. The minimum Gasteiger partial charge on any atom is -0.465 e. The molecule has 0 aromatic heterocycles. The van der Waals surface area contributed by atoms with Gasteiger partial charge < -0.3 is 15.2 Å². The van der Waals surface area contributed by atoms with Crippen molar-refractivity contribution in [3.63, 3.8) is 0 Å². The van der Waals surface area contributed by atoms with E-state index in [1.54, 1.807) is 0 Å². The van der Waals surface area contributed by atoms with Crippen molar-refractivity contribution < 1.29 is 19.1 Å². The van der Waals surface area contributed by atoms with Crippen LogP contribution in [0.2, 0.25) is 0 Å². The number of ketones is 1. The Kier molecular flexibility index (Phi) is 3.95. The monoisotopic (exact) mass is 327 g/mol. The summed E-state index contributed by atoms with van der Waals surface area (Å²) in [6, 6.07) is 9.38. The number of allylic oxidation sites excluding steroid dienone is 2. The van der Waals surface area contributed by atoms with Crippen molar-refractivity contribution in [2.24, 2.45) is 11.1 Å². The molecule has 2 aliphatic rings. The number of Topliss-reactive ketones (excluding diaryl/α,β-unsaturated/α-hetero) is 1. The van der Waals surface area contributed by atoms with Crippen LogP contribution < -0.4 is 5.73 Å². The van der Waals surface area contributed by atoms with Gasteiger partial charge in [0, 0.05) is 18.4 Å². The number of benzene rings is 1. The van der Waals surface area contributed by atoms with E-state index in [0.717, 1.165) is 5.56 Å². The molecule has 2 N–H and O–H groups in total. The van der Waals surface area contributed by atoms with Crippen LogP contribution in [-0.4, -0.2) is 18.9 Å². The molecule has 126 valence electrons. The number of hydrogen-bond donors (Lipinski definition) is 1. The third-order valence-corrected chi connectivity index (χ3v) is 4.49. The minimum atomic E-state index is -0.578. The van der Waals surface area contributed by atoms with Gasteiger partial charge in [0.25, 0.3) is 0 Å². The maximum Gasteiger partial charge on any atom is 0.340 e. The van der Waals surface area contributed by atoms with Gasteiger partial charge in [-0.05, 0) is 11.0 Å². The predicted octanol–water partition coefficient (Wildman–Crippen LogP) is 2.79. The van der Waals surface area contributed by atoms with Gasteiger partial charge in [0.1, 0.15) is 11.3 Å². The summed E-state index contributed by atoms with van der Waals surface area (Å²) in [5, 5.41) is 0. The highest BCUT2D eigenvalue weighted by atomic mass is 16.5. The summed E-state index contributed by atoms with van der Waals surface area (Å²) in [4.78, 5) is 25.1. The SMILES string of the molecule is COC(=O)C1=C(N)OC2=C(C(=O)CC(C)(C)C2)C1c1ccccc1. The number of hydrogen-bond acceptors (Lipinski definition) is 5. The number of rotatable bonds is 2. The first-order chi connectivity index (χ1) is 11.3. The lowest BCUT2D eigenvalue weighted by molar-refractivity contribution is -0.136. The second-order valence-electron chi connectivity index (χ2n) is 6.99. The van der Waals surface area contributed by atoms with Crippen LogP contribution in [-0.2, 0) is 19.1 Å². The number of nitrogens with two attached hydrogens (primary N) is 1. The van der Waals surface area contributed by atoms with E-state index in [-0.39, 0.29) is 22.7 Å². The van der Waals surface area contributed by atoms with Crippen LogP contribution in [0, 0.1) is 5.41 Å². The molecule has 3 rings (SSSR count). The van der Waals surface area contributed by atoms with Crippen LogP contribution in [0.25, 0.3) is 0 Å². The molecule has 0 amide bonds. The van der Waals surface area contributed by atoms with Crippen LogP contribution >= 0.6 is 0 Å². The van der Waals surface area contributed by atoms with E-state index in [1.807, 2.05) is 44.2 Å². The number of methoxy groups -OCH3 is 1. The Bertz CT molecular complexity index is 759. The standard InChI is InChI=1S/C19H21NO4/c1-19(2)9-12(21)15-13(10-19)24-17(20)16(18(22)23-3)14(15)11-7-5-4-6-8-11/h4-8,14H,9-10,20H2,1-3H3. The van der Waals surface area contributed by atoms with Crippen molar-refractivity contribution >= 4 is 11.8 Å². The molecule has 5 nitrogen and oxygen atoms in total. The third kappa shape index (κ3) is 2.70. The van der Waals surface area contributed by atoms with Crippen LogP contribution in [0.4, 0.5) is 0 Å². The van der Waals surface area contributed by atoms with Gasteiger partial charge in [-0.1, -0.05) is 44.2 Å². The average Bonchev–Trinajstić information content (AvgIpc) is 2.52. The van der Waals surface area contributed by atoms with E-state index >= 15 is 0 Å². The minimum absolute atomic E-state index is 0.0102. The quantitative estimate of drug-likeness (QED) is 0.845. The largest absolute Gasteiger partial charge is 0.465 e. The van der Waals surface area contributed by atoms with Crippen molar-refractivity contribution in [1.29, 1.82) is 0 Å². The highest BCUT2D eigenvalue weighted by Crippen LogP contribution is 2.48. The smallest absolute Gasteiger partial charge is 0.340 e. The molecule has 0 saturated carbocycles. The van der Waals surface area contributed by atoms with E-state index in [4.69, 9.17) is 15.2 Å². The van der Waals surface area contributed by atoms with Crippen molar-refractivity contribution in [1.82, 2.24) is 0 Å². The summed E-state index contributed by atoms with van der Waals surface area (Å²) in [5.74, 6) is -0.559. The lowest BCUT2D eigenvalue weighted by Gasteiger charge is -2.37. The maximum atomic E-state index is 12.8. The molecular formula is C19H21NO4. The molecule has 0 bridgehead atoms. The van der Waals surface area contributed by atoms with E-state index in [0.29, 0.717) is 24.2 Å². The normalized spacial score (nSPS) is 22.8. The first-order valence-corrected chi connectivity index (χ1v) is 7.91.